The van der Waals surface area contributed by atoms with Crippen LogP contribution in [0.3, 0.4) is 0 Å². The van der Waals surface area contributed by atoms with Gasteiger partial charge in [0.15, 0.2) is 0 Å². The Morgan fingerprint density at radius 2 is 1.64 bits per heavy atom. The minimum Gasteiger partial charge on any atom is -0.344 e. The van der Waals surface area contributed by atoms with Crippen LogP contribution in [0.4, 0.5) is 17.1 Å². The first-order valence-electron chi connectivity index (χ1n) is 10.8. The van der Waals surface area contributed by atoms with Gasteiger partial charge in [0, 0.05) is 53.9 Å². The van der Waals surface area contributed by atoms with Crippen LogP contribution >= 0.6 is 0 Å². The molecule has 5 nitrogen and oxygen atoms in total. The molecule has 0 aliphatic carbocycles. The fourth-order valence-corrected chi connectivity index (χ4v) is 4.40. The number of anilines is 3. The topological polar surface area (TPSA) is 54.3 Å². The number of nitrogens with one attached hydrogen (secondary N) is 1. The molecule has 0 saturated carbocycles. The molecule has 0 aliphatic heterocycles. The molecule has 0 spiro atoms. The number of carbonyl (C=O) groups is 1. The molecule has 0 atom stereocenters. The lowest BCUT2D eigenvalue weighted by molar-refractivity contribution is -0.111. The van der Waals surface area contributed by atoms with Crippen LogP contribution in [0.2, 0.25) is 0 Å². The van der Waals surface area contributed by atoms with Crippen LogP contribution in [0.15, 0.2) is 84.3 Å². The zero-order chi connectivity index (χ0) is 23.7. The molecule has 166 valence electrons. The normalized spacial score (nSPS) is 10.8. The molecular formula is C28H27N3O2. The number of amides is 1. The summed E-state index contributed by atoms with van der Waals surface area (Å²) in [4.78, 5) is 26.9. The lowest BCUT2D eigenvalue weighted by Gasteiger charge is -2.27. The van der Waals surface area contributed by atoms with E-state index in [9.17, 15) is 9.59 Å². The number of aryl methyl sites for hydroxylation is 3. The van der Waals surface area contributed by atoms with Crippen LogP contribution in [0.5, 0.6) is 0 Å². The zero-order valence-electron chi connectivity index (χ0n) is 19.3. The van der Waals surface area contributed by atoms with Gasteiger partial charge in [0.25, 0.3) is 5.56 Å². The number of benzene rings is 3. The van der Waals surface area contributed by atoms with Crippen molar-refractivity contribution in [2.45, 2.75) is 13.8 Å². The fourth-order valence-electron chi connectivity index (χ4n) is 4.40. The Morgan fingerprint density at radius 3 is 2.30 bits per heavy atom. The van der Waals surface area contributed by atoms with E-state index in [1.54, 1.807) is 11.6 Å². The Morgan fingerprint density at radius 1 is 0.970 bits per heavy atom. The van der Waals surface area contributed by atoms with Crippen LogP contribution in [0.25, 0.3) is 21.9 Å². The Kier molecular flexibility index (Phi) is 5.88. The summed E-state index contributed by atoms with van der Waals surface area (Å²) in [6.07, 6.45) is 3.11. The summed E-state index contributed by atoms with van der Waals surface area (Å²) in [7, 11) is 3.80. The Labute approximate surface area is 193 Å². The number of pyridine rings is 1. The van der Waals surface area contributed by atoms with Crippen LogP contribution in [0, 0.1) is 13.8 Å². The van der Waals surface area contributed by atoms with Gasteiger partial charge in [-0.3, -0.25) is 9.59 Å². The van der Waals surface area contributed by atoms with Crippen molar-refractivity contribution in [3.63, 3.8) is 0 Å². The van der Waals surface area contributed by atoms with E-state index in [-0.39, 0.29) is 11.5 Å². The second-order valence-electron chi connectivity index (χ2n) is 8.23. The second kappa shape index (κ2) is 8.79. The first-order chi connectivity index (χ1) is 15.8. The number of hydrogen-bond acceptors (Lipinski definition) is 3. The SMILES string of the molecule is C=CC(=O)Nc1ccc(N(C)c2c(C)cccc2C)c(-c2cn(C)c(=O)c3ccccc23)c1. The molecule has 1 heterocycles. The lowest BCUT2D eigenvalue weighted by atomic mass is 9.97. The van der Waals surface area contributed by atoms with Gasteiger partial charge in [-0.05, 0) is 60.7 Å². The predicted molar refractivity (Wildman–Crippen MR) is 137 cm³/mol. The highest BCUT2D eigenvalue weighted by molar-refractivity contribution is 6.03. The number of nitrogens with zero attached hydrogens (tertiary/aromatic N) is 2. The monoisotopic (exact) mass is 437 g/mol. The number of hydrogen-bond donors (Lipinski definition) is 1. The van der Waals surface area contributed by atoms with Crippen molar-refractivity contribution in [3.05, 3.63) is 101 Å². The quantitative estimate of drug-likeness (QED) is 0.407. The minimum absolute atomic E-state index is 0.0462. The van der Waals surface area contributed by atoms with E-state index in [4.69, 9.17) is 0 Å². The molecule has 0 radical (unpaired) electrons. The van der Waals surface area contributed by atoms with Gasteiger partial charge >= 0.3 is 0 Å². The Balaban J connectivity index is 2.02. The fraction of sp³-hybridized carbons (Fsp3) is 0.143. The molecule has 33 heavy (non-hydrogen) atoms. The Bertz CT molecular complexity index is 1430. The average Bonchev–Trinajstić information content (AvgIpc) is 2.81. The van der Waals surface area contributed by atoms with Gasteiger partial charge in [-0.15, -0.1) is 0 Å². The van der Waals surface area contributed by atoms with Crippen LogP contribution in [-0.2, 0) is 11.8 Å². The van der Waals surface area contributed by atoms with E-state index in [1.807, 2.05) is 55.7 Å². The molecule has 4 rings (SSSR count). The van der Waals surface area contributed by atoms with Crippen molar-refractivity contribution in [2.75, 3.05) is 17.3 Å². The van der Waals surface area contributed by atoms with E-state index < -0.39 is 0 Å². The third-order valence-electron chi connectivity index (χ3n) is 5.97. The summed E-state index contributed by atoms with van der Waals surface area (Å²) in [5, 5.41) is 4.38. The Hall–Kier alpha value is -4.12. The largest absolute Gasteiger partial charge is 0.344 e. The summed E-state index contributed by atoms with van der Waals surface area (Å²) >= 11 is 0. The summed E-state index contributed by atoms with van der Waals surface area (Å²) < 4.78 is 1.61. The maximum absolute atomic E-state index is 12.8. The van der Waals surface area contributed by atoms with Gasteiger partial charge in [-0.25, -0.2) is 0 Å². The van der Waals surface area contributed by atoms with E-state index >= 15 is 0 Å². The van der Waals surface area contributed by atoms with Crippen molar-refractivity contribution >= 4 is 33.7 Å². The number of aromatic nitrogens is 1. The molecule has 1 amide bonds. The highest BCUT2D eigenvalue weighted by Crippen LogP contribution is 2.40. The van der Waals surface area contributed by atoms with Gasteiger partial charge in [0.05, 0.1) is 0 Å². The second-order valence-corrected chi connectivity index (χ2v) is 8.23. The van der Waals surface area contributed by atoms with Gasteiger partial charge in [0.1, 0.15) is 0 Å². The van der Waals surface area contributed by atoms with Gasteiger partial charge in [-0.2, -0.15) is 0 Å². The van der Waals surface area contributed by atoms with Gasteiger partial charge in [0.2, 0.25) is 5.91 Å². The maximum atomic E-state index is 12.8. The van der Waals surface area contributed by atoms with Crippen molar-refractivity contribution in [3.8, 4) is 11.1 Å². The molecule has 1 N–H and O–H groups in total. The lowest BCUT2D eigenvalue weighted by Crippen LogP contribution is -2.18. The number of para-hydroxylation sites is 1. The summed E-state index contributed by atoms with van der Waals surface area (Å²) in [6, 6.07) is 19.7. The molecule has 0 saturated heterocycles. The van der Waals surface area contributed by atoms with Gasteiger partial charge in [-0.1, -0.05) is 43.0 Å². The van der Waals surface area contributed by atoms with Crippen molar-refractivity contribution in [1.82, 2.24) is 4.57 Å². The van der Waals surface area contributed by atoms with E-state index in [1.165, 1.54) is 6.08 Å². The number of fused-ring (bicyclic) bond motifs is 1. The molecule has 1 aromatic heterocycles. The van der Waals surface area contributed by atoms with Crippen molar-refractivity contribution in [2.24, 2.45) is 7.05 Å². The molecule has 3 aromatic carbocycles. The smallest absolute Gasteiger partial charge is 0.258 e. The van der Waals surface area contributed by atoms with E-state index in [2.05, 4.69) is 48.8 Å². The van der Waals surface area contributed by atoms with Crippen LogP contribution in [-0.4, -0.2) is 17.5 Å². The summed E-state index contributed by atoms with van der Waals surface area (Å²) in [5.74, 6) is -0.276. The molecule has 0 bridgehead atoms. The number of carbonyl (C=O) groups excluding carboxylic acids is 1. The van der Waals surface area contributed by atoms with Crippen LogP contribution < -0.4 is 15.8 Å². The standard InChI is InChI=1S/C28H27N3O2/c1-6-26(32)29-20-14-15-25(31(5)27-18(2)10-9-11-19(27)3)23(16-20)24-17-30(4)28(33)22-13-8-7-12-21(22)24/h6-17H,1H2,2-5H3,(H,29,32). The highest BCUT2D eigenvalue weighted by Gasteiger charge is 2.18. The first-order valence-corrected chi connectivity index (χ1v) is 10.8. The summed E-state index contributed by atoms with van der Waals surface area (Å²) in [5.41, 5.74) is 6.85. The van der Waals surface area contributed by atoms with E-state index in [0.717, 1.165) is 39.0 Å². The van der Waals surface area contributed by atoms with Crippen LogP contribution in [0.1, 0.15) is 11.1 Å². The maximum Gasteiger partial charge on any atom is 0.258 e. The number of rotatable bonds is 5. The molecule has 0 aliphatic rings. The molecule has 4 aromatic rings. The third kappa shape index (κ3) is 4.05. The molecule has 0 unspecified atom stereocenters. The van der Waals surface area contributed by atoms with Crippen molar-refractivity contribution in [1.29, 1.82) is 0 Å². The molecular weight excluding hydrogens is 410 g/mol. The molecule has 0 fully saturated rings. The highest BCUT2D eigenvalue weighted by atomic mass is 16.1. The predicted octanol–water partition coefficient (Wildman–Crippen LogP) is 5.71. The van der Waals surface area contributed by atoms with Gasteiger partial charge < -0.3 is 14.8 Å². The molecule has 5 heteroatoms. The zero-order valence-corrected chi connectivity index (χ0v) is 19.3. The van der Waals surface area contributed by atoms with E-state index in [0.29, 0.717) is 11.1 Å². The minimum atomic E-state index is -0.276. The third-order valence-corrected chi connectivity index (χ3v) is 5.97. The van der Waals surface area contributed by atoms with Crippen molar-refractivity contribution < 1.29 is 4.79 Å². The average molecular weight is 438 g/mol. The summed E-state index contributed by atoms with van der Waals surface area (Å²) in [6.45, 7) is 7.74. The first kappa shape index (κ1) is 22.1.